The second-order valence-electron chi connectivity index (χ2n) is 3.57. The van der Waals surface area contributed by atoms with Gasteiger partial charge in [0.25, 0.3) is 0 Å². The van der Waals surface area contributed by atoms with E-state index in [2.05, 4.69) is 25.1 Å². The minimum Gasteiger partial charge on any atom is -0.423 e. The van der Waals surface area contributed by atoms with E-state index >= 15 is 0 Å². The Labute approximate surface area is 107 Å². The predicted octanol–water partition coefficient (Wildman–Crippen LogP) is 2.20. The molecule has 3 rings (SSSR count). The van der Waals surface area contributed by atoms with Crippen LogP contribution >= 0.6 is 11.5 Å². The number of nitrogens with one attached hydrogen (secondary N) is 1. The molecule has 0 radical (unpaired) electrons. The SMILES string of the molecule is c1cc(NCc2csnn2)cc(-c2nnco2)c1. The normalized spacial score (nSPS) is 10.4. The van der Waals surface area contributed by atoms with Gasteiger partial charge in [0.05, 0.1) is 12.2 Å². The van der Waals surface area contributed by atoms with Crippen molar-refractivity contribution < 1.29 is 4.42 Å². The van der Waals surface area contributed by atoms with Crippen LogP contribution in [0.25, 0.3) is 11.5 Å². The average Bonchev–Trinajstić information content (AvgIpc) is 3.10. The molecule has 0 saturated heterocycles. The second-order valence-corrected chi connectivity index (χ2v) is 4.18. The largest absolute Gasteiger partial charge is 0.423 e. The second kappa shape index (κ2) is 4.92. The monoisotopic (exact) mass is 259 g/mol. The summed E-state index contributed by atoms with van der Waals surface area (Å²) in [5.74, 6) is 0.508. The molecule has 18 heavy (non-hydrogen) atoms. The Morgan fingerprint density at radius 3 is 3.06 bits per heavy atom. The molecular weight excluding hydrogens is 250 g/mol. The van der Waals surface area contributed by atoms with E-state index in [-0.39, 0.29) is 0 Å². The summed E-state index contributed by atoms with van der Waals surface area (Å²) in [6.07, 6.45) is 1.32. The van der Waals surface area contributed by atoms with Crippen molar-refractivity contribution in [3.63, 3.8) is 0 Å². The number of rotatable bonds is 4. The number of hydrogen-bond donors (Lipinski definition) is 1. The molecule has 0 amide bonds. The van der Waals surface area contributed by atoms with Gasteiger partial charge >= 0.3 is 0 Å². The molecule has 7 heteroatoms. The van der Waals surface area contributed by atoms with Gasteiger partial charge in [-0.2, -0.15) is 0 Å². The molecule has 0 bridgehead atoms. The standard InChI is InChI=1S/C11H9N5OS/c1-2-8(11-15-13-7-17-11)4-9(3-1)12-5-10-6-18-16-14-10/h1-4,6-7,12H,5H2. The molecule has 0 saturated carbocycles. The summed E-state index contributed by atoms with van der Waals surface area (Å²) < 4.78 is 8.97. The molecule has 0 aliphatic carbocycles. The van der Waals surface area contributed by atoms with E-state index in [1.807, 2.05) is 29.6 Å². The molecule has 0 spiro atoms. The van der Waals surface area contributed by atoms with E-state index in [1.54, 1.807) is 0 Å². The third kappa shape index (κ3) is 2.35. The Morgan fingerprint density at radius 2 is 2.28 bits per heavy atom. The molecule has 1 aromatic carbocycles. The predicted molar refractivity (Wildman–Crippen MR) is 67.0 cm³/mol. The Kier molecular flexibility index (Phi) is 2.97. The Bertz CT molecular complexity index is 608. The topological polar surface area (TPSA) is 76.7 Å². The van der Waals surface area contributed by atoms with Gasteiger partial charge in [0.2, 0.25) is 12.3 Å². The van der Waals surface area contributed by atoms with Crippen LogP contribution in [0.2, 0.25) is 0 Å². The van der Waals surface area contributed by atoms with Crippen molar-refractivity contribution >= 4 is 17.2 Å². The van der Waals surface area contributed by atoms with Gasteiger partial charge in [-0.3, -0.25) is 0 Å². The molecule has 3 aromatic rings. The van der Waals surface area contributed by atoms with Gasteiger partial charge in [0.15, 0.2) is 0 Å². The van der Waals surface area contributed by atoms with Crippen LogP contribution in [0.15, 0.2) is 40.5 Å². The van der Waals surface area contributed by atoms with Crippen molar-refractivity contribution in [3.8, 4) is 11.5 Å². The zero-order chi connectivity index (χ0) is 12.2. The summed E-state index contributed by atoms with van der Waals surface area (Å²) >= 11 is 1.34. The number of aromatic nitrogens is 4. The van der Waals surface area contributed by atoms with Crippen LogP contribution in [-0.4, -0.2) is 19.8 Å². The first-order chi connectivity index (χ1) is 8.92. The van der Waals surface area contributed by atoms with E-state index < -0.39 is 0 Å². The first kappa shape index (κ1) is 10.8. The number of benzene rings is 1. The summed E-state index contributed by atoms with van der Waals surface area (Å²) in [5.41, 5.74) is 2.77. The Hall–Kier alpha value is -2.28. The van der Waals surface area contributed by atoms with Crippen LogP contribution in [0.1, 0.15) is 5.69 Å². The third-order valence-corrected chi connectivity index (χ3v) is 2.90. The van der Waals surface area contributed by atoms with Crippen molar-refractivity contribution in [3.05, 3.63) is 41.7 Å². The number of nitrogens with zero attached hydrogens (tertiary/aromatic N) is 4. The van der Waals surface area contributed by atoms with Gasteiger partial charge in [-0.1, -0.05) is 10.6 Å². The molecule has 90 valence electrons. The Morgan fingerprint density at radius 1 is 1.28 bits per heavy atom. The highest BCUT2D eigenvalue weighted by Crippen LogP contribution is 2.20. The molecule has 0 aliphatic heterocycles. The van der Waals surface area contributed by atoms with Crippen LogP contribution in [0.3, 0.4) is 0 Å². The number of anilines is 1. The fourth-order valence-corrected chi connectivity index (χ4v) is 1.97. The van der Waals surface area contributed by atoms with Gasteiger partial charge in [-0.05, 0) is 29.7 Å². The van der Waals surface area contributed by atoms with Gasteiger partial charge in [0.1, 0.15) is 0 Å². The van der Waals surface area contributed by atoms with Crippen LogP contribution in [0.4, 0.5) is 5.69 Å². The summed E-state index contributed by atoms with van der Waals surface area (Å²) in [7, 11) is 0. The molecule has 2 aromatic heterocycles. The quantitative estimate of drug-likeness (QED) is 0.774. The minimum absolute atomic E-state index is 0.508. The lowest BCUT2D eigenvalue weighted by Gasteiger charge is -2.04. The summed E-state index contributed by atoms with van der Waals surface area (Å²) in [6.45, 7) is 0.643. The number of hydrogen-bond acceptors (Lipinski definition) is 7. The van der Waals surface area contributed by atoms with Crippen LogP contribution in [0, 0.1) is 0 Å². The van der Waals surface area contributed by atoms with Gasteiger partial charge < -0.3 is 9.73 Å². The fraction of sp³-hybridized carbons (Fsp3) is 0.0909. The molecular formula is C11H9N5OS. The maximum atomic E-state index is 5.15. The Balaban J connectivity index is 1.75. The third-order valence-electron chi connectivity index (χ3n) is 2.35. The minimum atomic E-state index is 0.508. The highest BCUT2D eigenvalue weighted by atomic mass is 32.1. The van der Waals surface area contributed by atoms with Gasteiger partial charge in [-0.25, -0.2) is 0 Å². The lowest BCUT2D eigenvalue weighted by Crippen LogP contribution is -1.99. The maximum absolute atomic E-state index is 5.15. The molecule has 0 unspecified atom stereocenters. The molecule has 2 heterocycles. The van der Waals surface area contributed by atoms with Gasteiger partial charge in [0, 0.05) is 16.6 Å². The zero-order valence-corrected chi connectivity index (χ0v) is 10.1. The maximum Gasteiger partial charge on any atom is 0.247 e. The van der Waals surface area contributed by atoms with Crippen molar-refractivity contribution in [1.82, 2.24) is 19.8 Å². The lowest BCUT2D eigenvalue weighted by atomic mass is 10.2. The molecule has 0 atom stereocenters. The lowest BCUT2D eigenvalue weighted by molar-refractivity contribution is 0.568. The van der Waals surface area contributed by atoms with Crippen molar-refractivity contribution in [2.45, 2.75) is 6.54 Å². The first-order valence-corrected chi connectivity index (χ1v) is 6.12. The summed E-state index contributed by atoms with van der Waals surface area (Å²) in [6, 6.07) is 7.78. The first-order valence-electron chi connectivity index (χ1n) is 5.28. The van der Waals surface area contributed by atoms with E-state index in [0.29, 0.717) is 12.4 Å². The van der Waals surface area contributed by atoms with E-state index in [9.17, 15) is 0 Å². The van der Waals surface area contributed by atoms with Crippen molar-refractivity contribution in [1.29, 1.82) is 0 Å². The zero-order valence-electron chi connectivity index (χ0n) is 9.28. The molecule has 0 fully saturated rings. The fourth-order valence-electron chi connectivity index (χ4n) is 1.51. The smallest absolute Gasteiger partial charge is 0.247 e. The van der Waals surface area contributed by atoms with E-state index in [0.717, 1.165) is 16.9 Å². The molecule has 0 aliphatic rings. The summed E-state index contributed by atoms with van der Waals surface area (Å²) in [4.78, 5) is 0. The van der Waals surface area contributed by atoms with Crippen molar-refractivity contribution in [2.75, 3.05) is 5.32 Å². The summed E-state index contributed by atoms with van der Waals surface area (Å²) in [5, 5.41) is 16.7. The van der Waals surface area contributed by atoms with Crippen LogP contribution in [-0.2, 0) is 6.54 Å². The average molecular weight is 259 g/mol. The molecule has 1 N–H and O–H groups in total. The van der Waals surface area contributed by atoms with Crippen LogP contribution < -0.4 is 5.32 Å². The highest BCUT2D eigenvalue weighted by Gasteiger charge is 2.04. The molecule has 6 nitrogen and oxygen atoms in total. The van der Waals surface area contributed by atoms with E-state index in [1.165, 1.54) is 17.9 Å². The highest BCUT2D eigenvalue weighted by molar-refractivity contribution is 7.03. The van der Waals surface area contributed by atoms with Crippen molar-refractivity contribution in [2.24, 2.45) is 0 Å². The van der Waals surface area contributed by atoms with Gasteiger partial charge in [-0.15, -0.1) is 15.3 Å². The van der Waals surface area contributed by atoms with Crippen LogP contribution in [0.5, 0.6) is 0 Å². The van der Waals surface area contributed by atoms with E-state index in [4.69, 9.17) is 4.42 Å².